The highest BCUT2D eigenvalue weighted by Gasteiger charge is 2.55. The minimum Gasteiger partial charge on any atom is -0.489 e. The van der Waals surface area contributed by atoms with Crippen LogP contribution in [0.2, 0.25) is 5.02 Å². The predicted molar refractivity (Wildman–Crippen MR) is 86.4 cm³/mol. The van der Waals surface area contributed by atoms with Gasteiger partial charge in [0.25, 0.3) is 0 Å². The van der Waals surface area contributed by atoms with Crippen molar-refractivity contribution in [3.05, 3.63) is 27.7 Å². The van der Waals surface area contributed by atoms with Crippen molar-refractivity contribution in [3.63, 3.8) is 0 Å². The van der Waals surface area contributed by atoms with Gasteiger partial charge in [0.15, 0.2) is 0 Å². The lowest BCUT2D eigenvalue weighted by Gasteiger charge is -2.55. The second-order valence-electron chi connectivity index (χ2n) is 5.68. The number of rotatable bonds is 2. The molecule has 2 atom stereocenters. The molecule has 4 heteroatoms. The summed E-state index contributed by atoms with van der Waals surface area (Å²) < 4.78 is 7.21. The van der Waals surface area contributed by atoms with Crippen molar-refractivity contribution in [2.45, 2.75) is 49.5 Å². The average Bonchev–Trinajstić information content (AvgIpc) is 2.42. The third-order valence-corrected chi connectivity index (χ3v) is 6.77. The Labute approximate surface area is 136 Å². The van der Waals surface area contributed by atoms with Gasteiger partial charge in [-0.25, -0.2) is 0 Å². The first-order valence-electron chi connectivity index (χ1n) is 6.87. The molecule has 0 amide bonds. The van der Waals surface area contributed by atoms with E-state index in [1.54, 1.807) is 0 Å². The van der Waals surface area contributed by atoms with Gasteiger partial charge in [-0.3, -0.25) is 0 Å². The standard InChI is InChI=1S/C15H17Br2ClO/c16-11-8-10(18)4-5-12(11)19-14-9-13(17)15(14)6-2-1-3-7-15/h4-5,8,13-14H,1-3,6-7,9H2. The van der Waals surface area contributed by atoms with Crippen molar-refractivity contribution in [1.82, 2.24) is 0 Å². The van der Waals surface area contributed by atoms with Gasteiger partial charge >= 0.3 is 0 Å². The molecule has 1 nitrogen and oxygen atoms in total. The summed E-state index contributed by atoms with van der Waals surface area (Å²) in [5.41, 5.74) is 0.358. The minimum atomic E-state index is 0.342. The Kier molecular flexibility index (Phi) is 4.17. The molecule has 0 aliphatic heterocycles. The SMILES string of the molecule is Clc1ccc(OC2CC(Br)C23CCCCC3)c(Br)c1. The second kappa shape index (κ2) is 5.57. The maximum Gasteiger partial charge on any atom is 0.134 e. The molecule has 0 radical (unpaired) electrons. The molecule has 0 saturated heterocycles. The largest absolute Gasteiger partial charge is 0.489 e. The van der Waals surface area contributed by atoms with Crippen LogP contribution in [-0.2, 0) is 0 Å². The summed E-state index contributed by atoms with van der Waals surface area (Å²) in [5, 5.41) is 0.735. The van der Waals surface area contributed by atoms with Gasteiger partial charge in [-0.05, 0) is 53.4 Å². The number of benzene rings is 1. The molecule has 0 bridgehead atoms. The summed E-state index contributed by atoms with van der Waals surface area (Å²) >= 11 is 13.4. The van der Waals surface area contributed by atoms with E-state index in [-0.39, 0.29) is 0 Å². The lowest BCUT2D eigenvalue weighted by molar-refractivity contribution is -0.0604. The number of halogens is 3. The van der Waals surface area contributed by atoms with Gasteiger partial charge in [0.2, 0.25) is 0 Å². The molecule has 104 valence electrons. The summed E-state index contributed by atoms with van der Waals surface area (Å²) in [6.45, 7) is 0. The van der Waals surface area contributed by atoms with Crippen LogP contribution in [0.25, 0.3) is 0 Å². The molecule has 2 fully saturated rings. The van der Waals surface area contributed by atoms with Crippen molar-refractivity contribution in [2.75, 3.05) is 0 Å². The Hall–Kier alpha value is 0.270. The Morgan fingerprint density at radius 1 is 1.21 bits per heavy atom. The molecular formula is C15H17Br2ClO. The minimum absolute atomic E-state index is 0.342. The zero-order valence-electron chi connectivity index (χ0n) is 10.7. The molecule has 3 rings (SSSR count). The summed E-state index contributed by atoms with van der Waals surface area (Å²) in [7, 11) is 0. The van der Waals surface area contributed by atoms with Gasteiger partial charge in [0, 0.05) is 15.3 Å². The van der Waals surface area contributed by atoms with Gasteiger partial charge in [-0.2, -0.15) is 0 Å². The Morgan fingerprint density at radius 2 is 1.95 bits per heavy atom. The highest BCUT2D eigenvalue weighted by atomic mass is 79.9. The maximum atomic E-state index is 6.26. The first-order valence-corrected chi connectivity index (χ1v) is 8.96. The third-order valence-electron chi connectivity index (χ3n) is 4.63. The van der Waals surface area contributed by atoms with E-state index in [1.165, 1.54) is 32.1 Å². The zero-order valence-corrected chi connectivity index (χ0v) is 14.6. The quantitative estimate of drug-likeness (QED) is 0.548. The van der Waals surface area contributed by atoms with Crippen molar-refractivity contribution < 1.29 is 4.74 Å². The molecule has 19 heavy (non-hydrogen) atoms. The molecule has 2 unspecified atom stereocenters. The molecule has 1 aromatic carbocycles. The molecule has 2 aliphatic rings. The van der Waals surface area contributed by atoms with Crippen LogP contribution < -0.4 is 4.74 Å². The van der Waals surface area contributed by atoms with Crippen LogP contribution in [0.4, 0.5) is 0 Å². The molecular weight excluding hydrogens is 391 g/mol. The van der Waals surface area contributed by atoms with Crippen molar-refractivity contribution >= 4 is 43.5 Å². The highest BCUT2D eigenvalue weighted by molar-refractivity contribution is 9.10. The van der Waals surface area contributed by atoms with E-state index in [0.29, 0.717) is 16.3 Å². The lowest BCUT2D eigenvalue weighted by Crippen LogP contribution is -2.57. The normalized spacial score (nSPS) is 29.0. The maximum absolute atomic E-state index is 6.26. The first kappa shape index (κ1) is 14.2. The van der Waals surface area contributed by atoms with Crippen molar-refractivity contribution in [1.29, 1.82) is 0 Å². The van der Waals surface area contributed by atoms with Crippen molar-refractivity contribution in [2.24, 2.45) is 5.41 Å². The fourth-order valence-electron chi connectivity index (χ4n) is 3.43. The first-order chi connectivity index (χ1) is 9.12. The van der Waals surface area contributed by atoms with Crippen LogP contribution in [0, 0.1) is 5.41 Å². The molecule has 1 spiro atoms. The molecule has 2 aliphatic carbocycles. The van der Waals surface area contributed by atoms with Crippen LogP contribution in [-0.4, -0.2) is 10.9 Å². The number of hydrogen-bond donors (Lipinski definition) is 0. The van der Waals surface area contributed by atoms with E-state index in [0.717, 1.165) is 21.7 Å². The van der Waals surface area contributed by atoms with Gasteiger partial charge < -0.3 is 4.74 Å². The van der Waals surface area contributed by atoms with E-state index >= 15 is 0 Å². The Balaban J connectivity index is 1.76. The topological polar surface area (TPSA) is 9.23 Å². The van der Waals surface area contributed by atoms with E-state index < -0.39 is 0 Å². The predicted octanol–water partition coefficient (Wildman–Crippen LogP) is 5.97. The Morgan fingerprint density at radius 3 is 2.58 bits per heavy atom. The molecule has 1 aromatic rings. The van der Waals surface area contributed by atoms with E-state index in [1.807, 2.05) is 18.2 Å². The average molecular weight is 409 g/mol. The zero-order chi connectivity index (χ0) is 13.5. The van der Waals surface area contributed by atoms with Gasteiger partial charge in [0.1, 0.15) is 11.9 Å². The Bertz CT molecular complexity index is 471. The molecule has 2 saturated carbocycles. The van der Waals surface area contributed by atoms with Crippen LogP contribution in [0.15, 0.2) is 22.7 Å². The number of ether oxygens (including phenoxy) is 1. The van der Waals surface area contributed by atoms with Crippen LogP contribution in [0.5, 0.6) is 5.75 Å². The van der Waals surface area contributed by atoms with Gasteiger partial charge in [0.05, 0.1) is 4.47 Å². The molecule has 0 heterocycles. The summed E-state index contributed by atoms with van der Waals surface area (Å²) in [6.07, 6.45) is 8.08. The van der Waals surface area contributed by atoms with Crippen molar-refractivity contribution in [3.8, 4) is 5.75 Å². The smallest absolute Gasteiger partial charge is 0.134 e. The highest BCUT2D eigenvalue weighted by Crippen LogP contribution is 2.56. The molecule has 0 N–H and O–H groups in total. The van der Waals surface area contributed by atoms with Gasteiger partial charge in [-0.1, -0.05) is 46.8 Å². The lowest BCUT2D eigenvalue weighted by atomic mass is 9.58. The summed E-state index contributed by atoms with van der Waals surface area (Å²) in [6, 6.07) is 5.75. The second-order valence-corrected chi connectivity index (χ2v) is 8.07. The fourth-order valence-corrected chi connectivity index (χ4v) is 5.30. The van der Waals surface area contributed by atoms with Crippen LogP contribution >= 0.6 is 43.5 Å². The summed E-state index contributed by atoms with van der Waals surface area (Å²) in [4.78, 5) is 0.622. The molecule has 0 aromatic heterocycles. The number of hydrogen-bond acceptors (Lipinski definition) is 1. The van der Waals surface area contributed by atoms with E-state index in [4.69, 9.17) is 16.3 Å². The monoisotopic (exact) mass is 406 g/mol. The van der Waals surface area contributed by atoms with E-state index in [9.17, 15) is 0 Å². The van der Waals surface area contributed by atoms with E-state index in [2.05, 4.69) is 31.9 Å². The third kappa shape index (κ3) is 2.58. The van der Waals surface area contributed by atoms with Crippen LogP contribution in [0.1, 0.15) is 38.5 Å². The van der Waals surface area contributed by atoms with Gasteiger partial charge in [-0.15, -0.1) is 0 Å². The van der Waals surface area contributed by atoms with Crippen LogP contribution in [0.3, 0.4) is 0 Å². The number of alkyl halides is 1. The fraction of sp³-hybridized carbons (Fsp3) is 0.600. The summed E-state index contributed by atoms with van der Waals surface area (Å²) in [5.74, 6) is 0.916.